The molecule has 6 nitrogen and oxygen atoms in total. The van der Waals surface area contributed by atoms with Crippen LogP contribution in [0.3, 0.4) is 0 Å². The number of likely N-dealkylation sites (tertiary alicyclic amines) is 1. The lowest BCUT2D eigenvalue weighted by molar-refractivity contribution is 0.0122. The SMILES string of the molecule is CC(C)(C)C1CC(Oc2ccc(Cl)c(Cl)c2S(=O)(=O)Cl)CCN1C(=O)O. The quantitative estimate of drug-likeness (QED) is 0.673. The van der Waals surface area contributed by atoms with Gasteiger partial charge in [-0.3, -0.25) is 0 Å². The van der Waals surface area contributed by atoms with Gasteiger partial charge in [-0.15, -0.1) is 0 Å². The number of rotatable bonds is 3. The molecule has 10 heteroatoms. The summed E-state index contributed by atoms with van der Waals surface area (Å²) < 4.78 is 29.7. The van der Waals surface area contributed by atoms with Gasteiger partial charge in [-0.1, -0.05) is 44.0 Å². The van der Waals surface area contributed by atoms with Crippen molar-refractivity contribution >= 4 is 49.0 Å². The van der Waals surface area contributed by atoms with Gasteiger partial charge in [0, 0.05) is 36.1 Å². The normalized spacial score (nSPS) is 21.5. The van der Waals surface area contributed by atoms with Gasteiger partial charge in [0.25, 0.3) is 9.05 Å². The lowest BCUT2D eigenvalue weighted by atomic mass is 9.80. The number of piperidine rings is 1. The summed E-state index contributed by atoms with van der Waals surface area (Å²) in [5.41, 5.74) is -0.306. The standard InChI is InChI=1S/C16H20Cl3NO5S/c1-16(2,3)12-8-9(6-7-20(12)15(21)22)25-11-5-4-10(17)13(18)14(11)26(19,23)24/h4-5,9,12H,6-8H2,1-3H3,(H,21,22). The molecule has 1 saturated heterocycles. The van der Waals surface area contributed by atoms with Crippen LogP contribution >= 0.6 is 33.9 Å². The number of hydrogen-bond acceptors (Lipinski definition) is 4. The minimum atomic E-state index is -4.18. The zero-order chi connectivity index (χ0) is 19.9. The van der Waals surface area contributed by atoms with Crippen molar-refractivity contribution in [3.05, 3.63) is 22.2 Å². The molecule has 2 atom stereocenters. The van der Waals surface area contributed by atoms with Crippen LogP contribution in [0.2, 0.25) is 10.0 Å². The van der Waals surface area contributed by atoms with Crippen LogP contribution in [-0.4, -0.2) is 43.2 Å². The fourth-order valence-corrected chi connectivity index (χ4v) is 5.04. The van der Waals surface area contributed by atoms with E-state index in [1.165, 1.54) is 17.0 Å². The number of benzene rings is 1. The molecule has 0 saturated carbocycles. The second kappa shape index (κ2) is 7.62. The van der Waals surface area contributed by atoms with Crippen molar-refractivity contribution in [2.75, 3.05) is 6.54 Å². The molecule has 0 aliphatic carbocycles. The predicted molar refractivity (Wildman–Crippen MR) is 101 cm³/mol. The Labute approximate surface area is 167 Å². The molecular formula is C16H20Cl3NO5S. The summed E-state index contributed by atoms with van der Waals surface area (Å²) in [5.74, 6) is 0.0100. The van der Waals surface area contributed by atoms with Crippen molar-refractivity contribution < 1.29 is 23.1 Å². The maximum absolute atomic E-state index is 11.9. The molecule has 1 aromatic carbocycles. The van der Waals surface area contributed by atoms with E-state index in [9.17, 15) is 18.3 Å². The highest BCUT2D eigenvalue weighted by Crippen LogP contribution is 2.40. The van der Waals surface area contributed by atoms with Gasteiger partial charge in [0.05, 0.1) is 10.0 Å². The van der Waals surface area contributed by atoms with Crippen molar-refractivity contribution in [2.45, 2.75) is 50.7 Å². The van der Waals surface area contributed by atoms with Crippen molar-refractivity contribution in [1.82, 2.24) is 4.90 Å². The Morgan fingerprint density at radius 1 is 1.31 bits per heavy atom. The summed E-state index contributed by atoms with van der Waals surface area (Å²) in [5, 5.41) is 9.27. The molecule has 0 bridgehead atoms. The van der Waals surface area contributed by atoms with Crippen molar-refractivity contribution in [1.29, 1.82) is 0 Å². The molecular weight excluding hydrogens is 425 g/mol. The Hall–Kier alpha value is -0.890. The lowest BCUT2D eigenvalue weighted by Gasteiger charge is -2.44. The van der Waals surface area contributed by atoms with Gasteiger partial charge in [0.15, 0.2) is 0 Å². The summed E-state index contributed by atoms with van der Waals surface area (Å²) in [6, 6.07) is 2.55. The Morgan fingerprint density at radius 2 is 1.92 bits per heavy atom. The van der Waals surface area contributed by atoms with Gasteiger partial charge in [0.2, 0.25) is 0 Å². The first kappa shape index (κ1) is 21.4. The van der Waals surface area contributed by atoms with Crippen LogP contribution in [0.1, 0.15) is 33.6 Å². The fraction of sp³-hybridized carbons (Fsp3) is 0.562. The minimum Gasteiger partial charge on any atom is -0.489 e. The molecule has 1 aliphatic rings. The maximum atomic E-state index is 11.9. The van der Waals surface area contributed by atoms with Crippen LogP contribution < -0.4 is 4.74 Å². The summed E-state index contributed by atoms with van der Waals surface area (Å²) in [6.45, 7) is 6.13. The molecule has 0 radical (unpaired) electrons. The average molecular weight is 445 g/mol. The number of amides is 1. The van der Waals surface area contributed by atoms with E-state index >= 15 is 0 Å². The molecule has 0 spiro atoms. The number of carbonyl (C=O) groups is 1. The Morgan fingerprint density at radius 3 is 2.42 bits per heavy atom. The van der Waals surface area contributed by atoms with E-state index in [1.54, 1.807) is 0 Å². The summed E-state index contributed by atoms with van der Waals surface area (Å²) >= 11 is 11.9. The van der Waals surface area contributed by atoms with Crippen LogP contribution in [0.5, 0.6) is 5.75 Å². The zero-order valence-electron chi connectivity index (χ0n) is 14.5. The molecule has 0 aromatic heterocycles. The molecule has 26 heavy (non-hydrogen) atoms. The number of halogens is 3. The Kier molecular flexibility index (Phi) is 6.27. The maximum Gasteiger partial charge on any atom is 0.407 e. The average Bonchev–Trinajstić information content (AvgIpc) is 2.48. The Bertz CT molecular complexity index is 807. The highest BCUT2D eigenvalue weighted by molar-refractivity contribution is 8.14. The van der Waals surface area contributed by atoms with Gasteiger partial charge < -0.3 is 14.7 Å². The number of ether oxygens (including phenoxy) is 1. The highest BCUT2D eigenvalue weighted by atomic mass is 35.7. The van der Waals surface area contributed by atoms with E-state index in [2.05, 4.69) is 0 Å². The second-order valence-corrected chi connectivity index (χ2v) is 10.5. The minimum absolute atomic E-state index is 0.0100. The molecule has 1 amide bonds. The number of carboxylic acid groups (broad SMARTS) is 1. The third-order valence-electron chi connectivity index (χ3n) is 4.35. The van der Waals surface area contributed by atoms with Crippen LogP contribution in [0.15, 0.2) is 17.0 Å². The molecule has 2 unspecified atom stereocenters. The summed E-state index contributed by atoms with van der Waals surface area (Å²) in [6.07, 6.45) is -0.537. The van der Waals surface area contributed by atoms with Crippen LogP contribution in [0, 0.1) is 5.41 Å². The first-order valence-electron chi connectivity index (χ1n) is 7.91. The first-order chi connectivity index (χ1) is 11.8. The van der Waals surface area contributed by atoms with Crippen LogP contribution in [0.4, 0.5) is 4.79 Å². The molecule has 1 aromatic rings. The molecule has 1 aliphatic heterocycles. The fourth-order valence-electron chi connectivity index (χ4n) is 3.10. The van der Waals surface area contributed by atoms with E-state index in [0.29, 0.717) is 12.8 Å². The van der Waals surface area contributed by atoms with E-state index in [0.717, 1.165) is 0 Å². The van der Waals surface area contributed by atoms with Gasteiger partial charge in [-0.05, 0) is 17.5 Å². The van der Waals surface area contributed by atoms with Crippen molar-refractivity contribution in [2.24, 2.45) is 5.41 Å². The van der Waals surface area contributed by atoms with Crippen LogP contribution in [-0.2, 0) is 9.05 Å². The monoisotopic (exact) mass is 443 g/mol. The van der Waals surface area contributed by atoms with Crippen LogP contribution in [0.25, 0.3) is 0 Å². The molecule has 1 fully saturated rings. The lowest BCUT2D eigenvalue weighted by Crippen LogP contribution is -2.53. The van der Waals surface area contributed by atoms with E-state index in [-0.39, 0.29) is 44.8 Å². The van der Waals surface area contributed by atoms with Crippen molar-refractivity contribution in [3.8, 4) is 5.75 Å². The van der Waals surface area contributed by atoms with Gasteiger partial charge in [0.1, 0.15) is 16.7 Å². The summed E-state index contributed by atoms with van der Waals surface area (Å²) in [7, 11) is 1.31. The Balaban J connectivity index is 2.33. The smallest absolute Gasteiger partial charge is 0.407 e. The second-order valence-electron chi connectivity index (χ2n) is 7.25. The topological polar surface area (TPSA) is 83.9 Å². The largest absolute Gasteiger partial charge is 0.489 e. The van der Waals surface area contributed by atoms with Gasteiger partial charge in [-0.2, -0.15) is 0 Å². The van der Waals surface area contributed by atoms with Gasteiger partial charge >= 0.3 is 6.09 Å². The third-order valence-corrected chi connectivity index (χ3v) is 6.62. The van der Waals surface area contributed by atoms with E-state index in [1.807, 2.05) is 20.8 Å². The molecule has 2 rings (SSSR count). The number of hydrogen-bond donors (Lipinski definition) is 1. The van der Waals surface area contributed by atoms with Crippen molar-refractivity contribution in [3.63, 3.8) is 0 Å². The third kappa shape index (κ3) is 4.68. The molecule has 1 N–H and O–H groups in total. The predicted octanol–water partition coefficient (Wildman–Crippen LogP) is 4.86. The highest BCUT2D eigenvalue weighted by Gasteiger charge is 2.40. The first-order valence-corrected chi connectivity index (χ1v) is 11.0. The summed E-state index contributed by atoms with van der Waals surface area (Å²) in [4.78, 5) is 12.5. The van der Waals surface area contributed by atoms with E-state index < -0.39 is 15.1 Å². The van der Waals surface area contributed by atoms with Gasteiger partial charge in [-0.25, -0.2) is 13.2 Å². The zero-order valence-corrected chi connectivity index (χ0v) is 17.6. The molecule has 1 heterocycles. The number of nitrogens with zero attached hydrogens (tertiary/aromatic N) is 1. The van der Waals surface area contributed by atoms with E-state index in [4.69, 9.17) is 38.6 Å². The molecule has 146 valence electrons.